The molecule has 1 N–H and O–H groups in total. The Bertz CT molecular complexity index is 442. The second-order valence-electron chi connectivity index (χ2n) is 4.74. The first-order valence-electron chi connectivity index (χ1n) is 6.38. The van der Waals surface area contributed by atoms with Gasteiger partial charge in [-0.3, -0.25) is 9.69 Å². The normalized spacial score (nSPS) is 19.1. The van der Waals surface area contributed by atoms with Crippen molar-refractivity contribution >= 4 is 5.91 Å². The van der Waals surface area contributed by atoms with Gasteiger partial charge in [0.25, 0.3) is 0 Å². The molecule has 0 radical (unpaired) electrons. The highest BCUT2D eigenvalue weighted by molar-refractivity contribution is 5.77. The number of likely N-dealkylation sites (N-methyl/N-ethyl adjacent to an activating group) is 1. The average Bonchev–Trinajstić information content (AvgIpc) is 2.40. The van der Waals surface area contributed by atoms with E-state index < -0.39 is 0 Å². The Labute approximate surface area is 108 Å². The van der Waals surface area contributed by atoms with Crippen LogP contribution >= 0.6 is 0 Å². The van der Waals surface area contributed by atoms with Crippen molar-refractivity contribution in [2.75, 3.05) is 20.1 Å². The van der Waals surface area contributed by atoms with Crippen molar-refractivity contribution in [1.29, 1.82) is 0 Å². The summed E-state index contributed by atoms with van der Waals surface area (Å²) < 4.78 is 0. The fourth-order valence-electron chi connectivity index (χ4n) is 2.48. The lowest BCUT2D eigenvalue weighted by Gasteiger charge is -2.34. The zero-order chi connectivity index (χ0) is 13.0. The molecule has 96 valence electrons. The molecule has 3 heteroatoms. The maximum Gasteiger partial charge on any atom is 0.222 e. The number of hydrogen-bond donors (Lipinski definition) is 1. The molecule has 1 amide bonds. The number of carbonyl (C=O) groups excluding carboxylic acids is 1. The van der Waals surface area contributed by atoms with Crippen molar-refractivity contribution in [3.63, 3.8) is 0 Å². The van der Waals surface area contributed by atoms with Crippen LogP contribution < -0.4 is 5.32 Å². The highest BCUT2D eigenvalue weighted by atomic mass is 16.1. The van der Waals surface area contributed by atoms with Gasteiger partial charge in [0, 0.05) is 25.6 Å². The van der Waals surface area contributed by atoms with Gasteiger partial charge < -0.3 is 5.32 Å². The van der Waals surface area contributed by atoms with E-state index in [1.807, 2.05) is 6.07 Å². The second kappa shape index (κ2) is 5.83. The highest BCUT2D eigenvalue weighted by Gasteiger charge is 2.26. The van der Waals surface area contributed by atoms with E-state index in [0.717, 1.165) is 13.0 Å². The largest absolute Gasteiger partial charge is 0.353 e. The molecule has 18 heavy (non-hydrogen) atoms. The van der Waals surface area contributed by atoms with Crippen molar-refractivity contribution in [3.8, 4) is 0 Å². The average molecular weight is 244 g/mol. The Morgan fingerprint density at radius 2 is 2.33 bits per heavy atom. The van der Waals surface area contributed by atoms with Crippen LogP contribution in [0.15, 0.2) is 36.9 Å². The highest BCUT2D eigenvalue weighted by Crippen LogP contribution is 2.30. The monoisotopic (exact) mass is 244 g/mol. The van der Waals surface area contributed by atoms with Crippen LogP contribution in [0.1, 0.15) is 23.6 Å². The van der Waals surface area contributed by atoms with E-state index in [4.69, 9.17) is 0 Å². The zero-order valence-corrected chi connectivity index (χ0v) is 10.9. The molecule has 1 heterocycles. The second-order valence-corrected chi connectivity index (χ2v) is 4.74. The van der Waals surface area contributed by atoms with E-state index >= 15 is 0 Å². The van der Waals surface area contributed by atoms with Gasteiger partial charge >= 0.3 is 0 Å². The van der Waals surface area contributed by atoms with Crippen molar-refractivity contribution in [3.05, 3.63) is 48.0 Å². The topological polar surface area (TPSA) is 32.3 Å². The van der Waals surface area contributed by atoms with E-state index in [2.05, 4.69) is 42.0 Å². The van der Waals surface area contributed by atoms with Crippen molar-refractivity contribution in [2.24, 2.45) is 0 Å². The quantitative estimate of drug-likeness (QED) is 0.821. The summed E-state index contributed by atoms with van der Waals surface area (Å²) in [5.74, 6) is 0.0865. The summed E-state index contributed by atoms with van der Waals surface area (Å²) in [5, 5.41) is 2.85. The van der Waals surface area contributed by atoms with Gasteiger partial charge in [-0.05, 0) is 24.6 Å². The minimum Gasteiger partial charge on any atom is -0.353 e. The van der Waals surface area contributed by atoms with Crippen LogP contribution in [0.25, 0.3) is 0 Å². The Balaban J connectivity index is 2.11. The molecule has 2 rings (SSSR count). The summed E-state index contributed by atoms with van der Waals surface area (Å²) >= 11 is 0. The molecule has 1 unspecified atom stereocenters. The van der Waals surface area contributed by atoms with Gasteiger partial charge in [0.15, 0.2) is 0 Å². The first kappa shape index (κ1) is 12.8. The first-order valence-corrected chi connectivity index (χ1v) is 6.38. The Kier molecular flexibility index (Phi) is 4.15. The number of rotatable bonds is 4. The lowest BCUT2D eigenvalue weighted by atomic mass is 9.91. The van der Waals surface area contributed by atoms with E-state index in [-0.39, 0.29) is 11.9 Å². The molecule has 1 aromatic carbocycles. The minimum atomic E-state index is 0.0865. The molecule has 3 nitrogen and oxygen atoms in total. The summed E-state index contributed by atoms with van der Waals surface area (Å²) in [6, 6.07) is 8.61. The van der Waals surface area contributed by atoms with Crippen LogP contribution in [0.3, 0.4) is 0 Å². The predicted molar refractivity (Wildman–Crippen MR) is 73.3 cm³/mol. The summed E-state index contributed by atoms with van der Waals surface area (Å²) in [4.78, 5) is 14.1. The number of hydrogen-bond acceptors (Lipinski definition) is 2. The molecule has 0 saturated carbocycles. The number of amides is 1. The van der Waals surface area contributed by atoms with E-state index in [9.17, 15) is 4.79 Å². The SMILES string of the molecule is C=CCNC(=O)CC1c2ccccc2CCN1C. The number of nitrogens with one attached hydrogen (secondary N) is 1. The number of nitrogens with zero attached hydrogens (tertiary/aromatic N) is 1. The number of carbonyl (C=O) groups is 1. The summed E-state index contributed by atoms with van der Waals surface area (Å²) in [7, 11) is 2.08. The molecular formula is C15H20N2O. The van der Waals surface area contributed by atoms with Gasteiger partial charge in [-0.1, -0.05) is 30.3 Å². The zero-order valence-electron chi connectivity index (χ0n) is 10.9. The van der Waals surface area contributed by atoms with Crippen LogP contribution in [-0.2, 0) is 11.2 Å². The van der Waals surface area contributed by atoms with Crippen LogP contribution in [0, 0.1) is 0 Å². The van der Waals surface area contributed by atoms with E-state index in [1.54, 1.807) is 6.08 Å². The third-order valence-electron chi connectivity index (χ3n) is 3.50. The van der Waals surface area contributed by atoms with Gasteiger partial charge in [0.1, 0.15) is 0 Å². The molecule has 1 aromatic rings. The van der Waals surface area contributed by atoms with Gasteiger partial charge in [-0.25, -0.2) is 0 Å². The molecule has 1 atom stereocenters. The molecule has 0 aliphatic carbocycles. The summed E-state index contributed by atoms with van der Waals surface area (Å²) in [6.45, 7) is 5.15. The molecular weight excluding hydrogens is 224 g/mol. The Morgan fingerprint density at radius 3 is 3.11 bits per heavy atom. The molecule has 1 aliphatic heterocycles. The van der Waals surface area contributed by atoms with E-state index in [0.29, 0.717) is 13.0 Å². The number of fused-ring (bicyclic) bond motifs is 1. The maximum atomic E-state index is 11.8. The van der Waals surface area contributed by atoms with Gasteiger partial charge in [-0.15, -0.1) is 6.58 Å². The fourth-order valence-corrected chi connectivity index (χ4v) is 2.48. The fraction of sp³-hybridized carbons (Fsp3) is 0.400. The number of benzene rings is 1. The Hall–Kier alpha value is -1.61. The maximum absolute atomic E-state index is 11.8. The molecule has 0 fully saturated rings. The molecule has 0 saturated heterocycles. The lowest BCUT2D eigenvalue weighted by Crippen LogP contribution is -2.36. The lowest BCUT2D eigenvalue weighted by molar-refractivity contribution is -0.122. The van der Waals surface area contributed by atoms with Gasteiger partial charge in [0.05, 0.1) is 0 Å². The van der Waals surface area contributed by atoms with Crippen molar-refractivity contribution < 1.29 is 4.79 Å². The van der Waals surface area contributed by atoms with Crippen LogP contribution in [0.5, 0.6) is 0 Å². The van der Waals surface area contributed by atoms with Crippen LogP contribution in [0.2, 0.25) is 0 Å². The molecule has 1 aliphatic rings. The van der Waals surface area contributed by atoms with Gasteiger partial charge in [-0.2, -0.15) is 0 Å². The third-order valence-corrected chi connectivity index (χ3v) is 3.50. The van der Waals surface area contributed by atoms with Crippen molar-refractivity contribution in [2.45, 2.75) is 18.9 Å². The van der Waals surface area contributed by atoms with Crippen LogP contribution in [-0.4, -0.2) is 30.9 Å². The third kappa shape index (κ3) is 2.79. The molecule has 0 spiro atoms. The molecule has 0 aromatic heterocycles. The van der Waals surface area contributed by atoms with Crippen LogP contribution in [0.4, 0.5) is 0 Å². The summed E-state index contributed by atoms with van der Waals surface area (Å²) in [5.41, 5.74) is 2.66. The first-order chi connectivity index (χ1) is 8.72. The standard InChI is InChI=1S/C15H20N2O/c1-3-9-16-15(18)11-14-13-7-5-4-6-12(13)8-10-17(14)2/h3-7,14H,1,8-11H2,2H3,(H,16,18). The van der Waals surface area contributed by atoms with Gasteiger partial charge in [0.2, 0.25) is 5.91 Å². The summed E-state index contributed by atoms with van der Waals surface area (Å²) in [6.07, 6.45) is 3.29. The predicted octanol–water partition coefficient (Wildman–Crippen LogP) is 1.91. The minimum absolute atomic E-state index is 0.0865. The van der Waals surface area contributed by atoms with Crippen molar-refractivity contribution in [1.82, 2.24) is 10.2 Å². The molecule has 0 bridgehead atoms. The Morgan fingerprint density at radius 1 is 1.56 bits per heavy atom. The smallest absolute Gasteiger partial charge is 0.222 e. The van der Waals surface area contributed by atoms with E-state index in [1.165, 1.54) is 11.1 Å².